The zero-order valence-corrected chi connectivity index (χ0v) is 12.9. The topological polar surface area (TPSA) is 58.6 Å². The van der Waals surface area contributed by atoms with Crippen LogP contribution in [0.2, 0.25) is 0 Å². The summed E-state index contributed by atoms with van der Waals surface area (Å²) >= 11 is 0. The fourth-order valence-corrected chi connectivity index (χ4v) is 2.72. The van der Waals surface area contributed by atoms with Crippen molar-refractivity contribution < 1.29 is 14.4 Å². The van der Waals surface area contributed by atoms with Gasteiger partial charge in [0.05, 0.1) is 12.5 Å². The summed E-state index contributed by atoms with van der Waals surface area (Å²) in [6.45, 7) is 0.645. The molecule has 5 nitrogen and oxygen atoms in total. The molecule has 0 radical (unpaired) electrons. The van der Waals surface area contributed by atoms with E-state index >= 15 is 0 Å². The minimum Gasteiger partial charge on any atom is -0.341 e. The number of carbonyl (C=O) groups excluding carboxylic acids is 2. The standard InChI is InChI=1S/C18H18N2O3/c1-20-11-16(14-9-5-6-10-15(14)18(20)22)17(21)19-23-12-13-7-3-2-4-8-13/h2-10,16H,11-12H2,1H3,(H,19,21). The summed E-state index contributed by atoms with van der Waals surface area (Å²) < 4.78 is 0. The van der Waals surface area contributed by atoms with Crippen LogP contribution in [0.25, 0.3) is 0 Å². The molecule has 2 amide bonds. The van der Waals surface area contributed by atoms with Crippen molar-refractivity contribution in [1.82, 2.24) is 10.4 Å². The summed E-state index contributed by atoms with van der Waals surface area (Å²) in [7, 11) is 1.70. The third-order valence-corrected chi connectivity index (χ3v) is 3.94. The molecule has 2 aromatic carbocycles. The molecule has 1 N–H and O–H groups in total. The van der Waals surface area contributed by atoms with E-state index in [1.165, 1.54) is 0 Å². The van der Waals surface area contributed by atoms with Crippen molar-refractivity contribution in [1.29, 1.82) is 0 Å². The van der Waals surface area contributed by atoms with Crippen LogP contribution in [0.3, 0.4) is 0 Å². The second-order valence-corrected chi connectivity index (χ2v) is 5.57. The average molecular weight is 310 g/mol. The van der Waals surface area contributed by atoms with Crippen LogP contribution in [0, 0.1) is 0 Å². The summed E-state index contributed by atoms with van der Waals surface area (Å²) in [5.74, 6) is -0.729. The first-order valence-corrected chi connectivity index (χ1v) is 7.47. The predicted octanol–water partition coefficient (Wildman–Crippen LogP) is 2.10. The molecule has 1 heterocycles. The first kappa shape index (κ1) is 15.2. The Morgan fingerprint density at radius 2 is 1.87 bits per heavy atom. The molecule has 3 rings (SSSR count). The summed E-state index contributed by atoms with van der Waals surface area (Å²) in [6, 6.07) is 16.8. The molecular formula is C18H18N2O3. The van der Waals surface area contributed by atoms with Crippen LogP contribution >= 0.6 is 0 Å². The van der Waals surface area contributed by atoms with Crippen molar-refractivity contribution in [2.75, 3.05) is 13.6 Å². The summed E-state index contributed by atoms with van der Waals surface area (Å²) in [5.41, 5.74) is 4.80. The monoisotopic (exact) mass is 310 g/mol. The number of nitrogens with zero attached hydrogens (tertiary/aromatic N) is 1. The number of hydrogen-bond acceptors (Lipinski definition) is 3. The highest BCUT2D eigenvalue weighted by molar-refractivity contribution is 6.00. The molecule has 118 valence electrons. The molecule has 1 aliphatic heterocycles. The van der Waals surface area contributed by atoms with Gasteiger partial charge in [0.2, 0.25) is 0 Å². The van der Waals surface area contributed by atoms with Gasteiger partial charge in [-0.05, 0) is 17.2 Å². The molecule has 0 bridgehead atoms. The van der Waals surface area contributed by atoms with Crippen molar-refractivity contribution in [3.63, 3.8) is 0 Å². The van der Waals surface area contributed by atoms with E-state index in [4.69, 9.17) is 4.84 Å². The number of carbonyl (C=O) groups is 2. The van der Waals surface area contributed by atoms with Gasteiger partial charge in [0.25, 0.3) is 11.8 Å². The van der Waals surface area contributed by atoms with Gasteiger partial charge < -0.3 is 4.90 Å². The van der Waals surface area contributed by atoms with Crippen LogP contribution < -0.4 is 5.48 Å². The molecule has 1 unspecified atom stereocenters. The Kier molecular flexibility index (Phi) is 4.39. The summed E-state index contributed by atoms with van der Waals surface area (Å²) in [6.07, 6.45) is 0. The van der Waals surface area contributed by atoms with Gasteiger partial charge in [0.15, 0.2) is 0 Å². The Hall–Kier alpha value is -2.66. The Bertz CT molecular complexity index is 715. The maximum atomic E-state index is 12.4. The highest BCUT2D eigenvalue weighted by Gasteiger charge is 2.33. The normalized spacial score (nSPS) is 16.8. The molecule has 0 aromatic heterocycles. The van der Waals surface area contributed by atoms with E-state index in [9.17, 15) is 9.59 Å². The van der Waals surface area contributed by atoms with Crippen LogP contribution in [0.1, 0.15) is 27.4 Å². The molecule has 2 aromatic rings. The molecule has 1 aliphatic rings. The van der Waals surface area contributed by atoms with Crippen LogP contribution in [-0.2, 0) is 16.2 Å². The number of fused-ring (bicyclic) bond motifs is 1. The Morgan fingerprint density at radius 1 is 1.17 bits per heavy atom. The first-order valence-electron chi connectivity index (χ1n) is 7.47. The highest BCUT2D eigenvalue weighted by atomic mass is 16.6. The van der Waals surface area contributed by atoms with Crippen LogP contribution in [-0.4, -0.2) is 30.3 Å². The van der Waals surface area contributed by atoms with Gasteiger partial charge in [-0.15, -0.1) is 0 Å². The molecule has 1 atom stereocenters. The Morgan fingerprint density at radius 3 is 2.65 bits per heavy atom. The zero-order chi connectivity index (χ0) is 16.2. The molecule has 0 aliphatic carbocycles. The van der Waals surface area contributed by atoms with Crippen LogP contribution in [0.5, 0.6) is 0 Å². The quantitative estimate of drug-likeness (QED) is 0.880. The first-order chi connectivity index (χ1) is 11.2. The molecule has 0 saturated heterocycles. The number of rotatable bonds is 4. The van der Waals surface area contributed by atoms with E-state index in [1.807, 2.05) is 42.5 Å². The molecule has 0 fully saturated rings. The smallest absolute Gasteiger partial charge is 0.253 e. The number of hydrogen-bond donors (Lipinski definition) is 1. The zero-order valence-electron chi connectivity index (χ0n) is 12.9. The molecule has 23 heavy (non-hydrogen) atoms. The summed E-state index contributed by atoms with van der Waals surface area (Å²) in [5, 5.41) is 0. The van der Waals surface area contributed by atoms with Crippen LogP contribution in [0.4, 0.5) is 0 Å². The van der Waals surface area contributed by atoms with E-state index in [0.717, 1.165) is 11.1 Å². The maximum Gasteiger partial charge on any atom is 0.253 e. The lowest BCUT2D eigenvalue weighted by Gasteiger charge is -2.30. The van der Waals surface area contributed by atoms with Gasteiger partial charge in [-0.2, -0.15) is 0 Å². The van der Waals surface area contributed by atoms with Gasteiger partial charge in [-0.1, -0.05) is 48.5 Å². The minimum absolute atomic E-state index is 0.0603. The van der Waals surface area contributed by atoms with E-state index in [0.29, 0.717) is 18.7 Å². The number of hydroxylamine groups is 1. The molecule has 0 saturated carbocycles. The van der Waals surface area contributed by atoms with Crippen molar-refractivity contribution in [2.24, 2.45) is 0 Å². The molecular weight excluding hydrogens is 292 g/mol. The van der Waals surface area contributed by atoms with Gasteiger partial charge >= 0.3 is 0 Å². The van der Waals surface area contributed by atoms with Crippen LogP contribution in [0.15, 0.2) is 54.6 Å². The van der Waals surface area contributed by atoms with E-state index in [1.54, 1.807) is 24.1 Å². The second-order valence-electron chi connectivity index (χ2n) is 5.57. The van der Waals surface area contributed by atoms with Crippen molar-refractivity contribution in [3.8, 4) is 0 Å². The SMILES string of the molecule is CN1CC(C(=O)NOCc2ccccc2)c2ccccc2C1=O. The molecule has 0 spiro atoms. The largest absolute Gasteiger partial charge is 0.341 e. The van der Waals surface area contributed by atoms with Gasteiger partial charge in [0, 0.05) is 19.2 Å². The highest BCUT2D eigenvalue weighted by Crippen LogP contribution is 2.27. The van der Waals surface area contributed by atoms with Gasteiger partial charge in [-0.25, -0.2) is 5.48 Å². The number of nitrogens with one attached hydrogen (secondary N) is 1. The van der Waals surface area contributed by atoms with Crippen molar-refractivity contribution in [3.05, 3.63) is 71.3 Å². The van der Waals surface area contributed by atoms with E-state index in [-0.39, 0.29) is 11.8 Å². The number of benzene rings is 2. The van der Waals surface area contributed by atoms with Gasteiger partial charge in [0.1, 0.15) is 0 Å². The minimum atomic E-state index is -0.426. The third kappa shape index (κ3) is 3.24. The lowest BCUT2D eigenvalue weighted by Crippen LogP contribution is -2.43. The lowest BCUT2D eigenvalue weighted by atomic mass is 9.89. The van der Waals surface area contributed by atoms with Crippen molar-refractivity contribution in [2.45, 2.75) is 12.5 Å². The van der Waals surface area contributed by atoms with Gasteiger partial charge in [-0.3, -0.25) is 14.4 Å². The lowest BCUT2D eigenvalue weighted by molar-refractivity contribution is -0.136. The number of amides is 2. The number of likely N-dealkylation sites (N-methyl/N-ethyl adjacent to an activating group) is 1. The molecule has 5 heteroatoms. The fraction of sp³-hybridized carbons (Fsp3) is 0.222. The summed E-state index contributed by atoms with van der Waals surface area (Å²) in [4.78, 5) is 31.4. The van der Waals surface area contributed by atoms with Crippen molar-refractivity contribution >= 4 is 11.8 Å². The second kappa shape index (κ2) is 6.62. The maximum absolute atomic E-state index is 12.4. The predicted molar refractivity (Wildman–Crippen MR) is 85.5 cm³/mol. The van der Waals surface area contributed by atoms with E-state index in [2.05, 4.69) is 5.48 Å². The van der Waals surface area contributed by atoms with E-state index < -0.39 is 5.92 Å². The fourth-order valence-electron chi connectivity index (χ4n) is 2.72. The Balaban J connectivity index is 1.68. The third-order valence-electron chi connectivity index (χ3n) is 3.94. The Labute approximate surface area is 134 Å². The average Bonchev–Trinajstić information content (AvgIpc) is 2.59.